The van der Waals surface area contributed by atoms with Gasteiger partial charge in [0.15, 0.2) is 5.76 Å². The number of nitrogens with two attached hydrogens (primary N) is 1. The molecule has 2 heterocycles. The van der Waals surface area contributed by atoms with E-state index in [1.165, 1.54) is 0 Å². The first kappa shape index (κ1) is 15.5. The number of hydrogen-bond acceptors (Lipinski definition) is 5. The fourth-order valence-corrected chi connectivity index (χ4v) is 2.58. The van der Waals surface area contributed by atoms with Gasteiger partial charge in [0.1, 0.15) is 5.76 Å². The number of aryl methyl sites for hydroxylation is 1. The molecule has 116 valence electrons. The second-order valence-corrected chi connectivity index (χ2v) is 5.33. The van der Waals surface area contributed by atoms with E-state index in [-0.39, 0.29) is 11.7 Å². The van der Waals surface area contributed by atoms with Crippen molar-refractivity contribution in [2.45, 2.75) is 26.8 Å². The van der Waals surface area contributed by atoms with Crippen molar-refractivity contribution in [2.24, 2.45) is 5.84 Å². The van der Waals surface area contributed by atoms with Crippen molar-refractivity contribution in [1.29, 1.82) is 0 Å². The van der Waals surface area contributed by atoms with Crippen LogP contribution in [0, 0.1) is 6.92 Å². The van der Waals surface area contributed by atoms with E-state index in [2.05, 4.69) is 10.3 Å². The Morgan fingerprint density at radius 2 is 2.10 bits per heavy atom. The van der Waals surface area contributed by atoms with E-state index in [1.54, 1.807) is 6.92 Å². The molecule has 1 saturated heterocycles. The van der Waals surface area contributed by atoms with Crippen LogP contribution in [0.5, 0.6) is 0 Å². The highest BCUT2D eigenvalue weighted by Gasteiger charge is 2.19. The Bertz CT molecular complexity index is 526. The van der Waals surface area contributed by atoms with Gasteiger partial charge in [-0.05, 0) is 19.4 Å². The van der Waals surface area contributed by atoms with Crippen molar-refractivity contribution in [3.8, 4) is 0 Å². The molecule has 0 aromatic carbocycles. The van der Waals surface area contributed by atoms with Gasteiger partial charge in [-0.3, -0.25) is 19.9 Å². The third kappa shape index (κ3) is 3.83. The van der Waals surface area contributed by atoms with Crippen LogP contribution in [-0.2, 0) is 11.3 Å². The number of rotatable bonds is 3. The number of amides is 2. The Labute approximate surface area is 124 Å². The normalized spacial score (nSPS) is 16.6. The lowest BCUT2D eigenvalue weighted by Gasteiger charge is -2.20. The number of carbonyl (C=O) groups is 2. The summed E-state index contributed by atoms with van der Waals surface area (Å²) in [4.78, 5) is 27.0. The number of nitrogens with one attached hydrogen (secondary N) is 1. The molecule has 0 aliphatic carbocycles. The topological polar surface area (TPSA) is 91.8 Å². The van der Waals surface area contributed by atoms with Gasteiger partial charge in [0, 0.05) is 38.7 Å². The minimum absolute atomic E-state index is 0.118. The van der Waals surface area contributed by atoms with Gasteiger partial charge in [-0.1, -0.05) is 0 Å². The minimum atomic E-state index is -0.419. The van der Waals surface area contributed by atoms with Crippen molar-refractivity contribution >= 4 is 11.8 Å². The van der Waals surface area contributed by atoms with Crippen LogP contribution >= 0.6 is 0 Å². The third-order valence-electron chi connectivity index (χ3n) is 3.72. The molecule has 0 radical (unpaired) electrons. The Morgan fingerprint density at radius 1 is 1.33 bits per heavy atom. The summed E-state index contributed by atoms with van der Waals surface area (Å²) in [7, 11) is 0. The van der Waals surface area contributed by atoms with E-state index in [4.69, 9.17) is 10.3 Å². The molecule has 7 heteroatoms. The van der Waals surface area contributed by atoms with Crippen molar-refractivity contribution in [2.75, 3.05) is 26.2 Å². The molecule has 1 aliphatic heterocycles. The van der Waals surface area contributed by atoms with Crippen molar-refractivity contribution < 1.29 is 14.0 Å². The lowest BCUT2D eigenvalue weighted by molar-refractivity contribution is -0.128. The van der Waals surface area contributed by atoms with E-state index in [1.807, 2.05) is 17.9 Å². The van der Waals surface area contributed by atoms with Crippen LogP contribution < -0.4 is 11.3 Å². The first-order valence-corrected chi connectivity index (χ1v) is 7.09. The number of furan rings is 1. The summed E-state index contributed by atoms with van der Waals surface area (Å²) >= 11 is 0. The van der Waals surface area contributed by atoms with Gasteiger partial charge in [0.05, 0.1) is 6.54 Å². The van der Waals surface area contributed by atoms with Gasteiger partial charge in [-0.2, -0.15) is 0 Å². The average molecular weight is 294 g/mol. The molecule has 0 bridgehead atoms. The Balaban J connectivity index is 1.99. The molecule has 21 heavy (non-hydrogen) atoms. The summed E-state index contributed by atoms with van der Waals surface area (Å²) < 4.78 is 5.57. The molecular weight excluding hydrogens is 272 g/mol. The Kier molecular flexibility index (Phi) is 4.98. The highest BCUT2D eigenvalue weighted by atomic mass is 16.4. The molecule has 1 aromatic heterocycles. The summed E-state index contributed by atoms with van der Waals surface area (Å²) in [6.07, 6.45) is 0.940. The molecule has 0 atom stereocenters. The monoisotopic (exact) mass is 294 g/mol. The van der Waals surface area contributed by atoms with Gasteiger partial charge in [0.25, 0.3) is 0 Å². The van der Waals surface area contributed by atoms with E-state index in [0.717, 1.165) is 43.9 Å². The third-order valence-corrected chi connectivity index (χ3v) is 3.72. The van der Waals surface area contributed by atoms with Crippen molar-refractivity contribution in [3.63, 3.8) is 0 Å². The number of nitrogens with zero attached hydrogens (tertiary/aromatic N) is 2. The minimum Gasteiger partial charge on any atom is -0.454 e. The second kappa shape index (κ2) is 6.73. The second-order valence-electron chi connectivity index (χ2n) is 5.33. The Morgan fingerprint density at radius 3 is 2.76 bits per heavy atom. The van der Waals surface area contributed by atoms with Gasteiger partial charge >= 0.3 is 5.91 Å². The predicted octanol–water partition coefficient (Wildman–Crippen LogP) is 0.246. The summed E-state index contributed by atoms with van der Waals surface area (Å²) in [6.45, 7) is 7.28. The van der Waals surface area contributed by atoms with Crippen LogP contribution in [0.4, 0.5) is 0 Å². The summed E-state index contributed by atoms with van der Waals surface area (Å²) in [5, 5.41) is 0. The predicted molar refractivity (Wildman–Crippen MR) is 77.2 cm³/mol. The number of nitrogen functional groups attached to an aromatic ring is 1. The van der Waals surface area contributed by atoms with E-state index in [9.17, 15) is 9.59 Å². The van der Waals surface area contributed by atoms with Crippen LogP contribution in [0.1, 0.15) is 35.2 Å². The molecular formula is C14H22N4O3. The lowest BCUT2D eigenvalue weighted by atomic mass is 10.2. The van der Waals surface area contributed by atoms with Crippen LogP contribution in [-0.4, -0.2) is 47.8 Å². The van der Waals surface area contributed by atoms with Crippen LogP contribution in [0.15, 0.2) is 10.5 Å². The van der Waals surface area contributed by atoms with Gasteiger partial charge in [0.2, 0.25) is 5.91 Å². The van der Waals surface area contributed by atoms with Crippen LogP contribution in [0.2, 0.25) is 0 Å². The first-order chi connectivity index (χ1) is 10.0. The molecule has 0 unspecified atom stereocenters. The zero-order valence-electron chi connectivity index (χ0n) is 12.5. The first-order valence-electron chi connectivity index (χ1n) is 7.09. The van der Waals surface area contributed by atoms with Crippen LogP contribution in [0.3, 0.4) is 0 Å². The Hall–Kier alpha value is -1.86. The highest BCUT2D eigenvalue weighted by molar-refractivity contribution is 5.92. The summed E-state index contributed by atoms with van der Waals surface area (Å²) in [5.41, 5.74) is 2.85. The molecule has 1 aromatic rings. The summed E-state index contributed by atoms with van der Waals surface area (Å²) in [5.74, 6) is 5.82. The zero-order valence-corrected chi connectivity index (χ0v) is 12.5. The maximum atomic E-state index is 11.5. The standard InChI is InChI=1S/C14H22N4O3/c1-10-8-12(21-13(10)14(20)16-15)9-17-4-3-5-18(7-6-17)11(2)19/h8H,3-7,9,15H2,1-2H3,(H,16,20). The van der Waals surface area contributed by atoms with Gasteiger partial charge in [-0.15, -0.1) is 0 Å². The molecule has 0 saturated carbocycles. The van der Waals surface area contributed by atoms with E-state index in [0.29, 0.717) is 6.54 Å². The van der Waals surface area contributed by atoms with Gasteiger partial charge < -0.3 is 9.32 Å². The van der Waals surface area contributed by atoms with E-state index >= 15 is 0 Å². The number of carbonyl (C=O) groups excluding carboxylic acids is 2. The maximum Gasteiger partial charge on any atom is 0.301 e. The highest BCUT2D eigenvalue weighted by Crippen LogP contribution is 2.17. The van der Waals surface area contributed by atoms with Crippen molar-refractivity contribution in [1.82, 2.24) is 15.2 Å². The lowest BCUT2D eigenvalue weighted by Crippen LogP contribution is -2.33. The van der Waals surface area contributed by atoms with Crippen LogP contribution in [0.25, 0.3) is 0 Å². The molecule has 3 N–H and O–H groups in total. The molecule has 1 fully saturated rings. The average Bonchev–Trinajstić information content (AvgIpc) is 2.66. The van der Waals surface area contributed by atoms with E-state index < -0.39 is 5.91 Å². The fraction of sp³-hybridized carbons (Fsp3) is 0.571. The van der Waals surface area contributed by atoms with Gasteiger partial charge in [-0.25, -0.2) is 5.84 Å². The molecule has 0 spiro atoms. The smallest absolute Gasteiger partial charge is 0.301 e. The number of hydrazine groups is 1. The molecule has 2 rings (SSSR count). The summed E-state index contributed by atoms with van der Waals surface area (Å²) in [6, 6.07) is 1.86. The van der Waals surface area contributed by atoms with Crippen molar-refractivity contribution in [3.05, 3.63) is 23.2 Å². The quantitative estimate of drug-likeness (QED) is 0.473. The number of hydrogen-bond donors (Lipinski definition) is 2. The molecule has 7 nitrogen and oxygen atoms in total. The SMILES string of the molecule is CC(=O)N1CCCN(Cc2cc(C)c(C(=O)NN)o2)CC1. The fourth-order valence-electron chi connectivity index (χ4n) is 2.58. The largest absolute Gasteiger partial charge is 0.454 e. The molecule has 2 amide bonds. The zero-order chi connectivity index (χ0) is 15.4. The molecule has 1 aliphatic rings. The maximum absolute atomic E-state index is 11.5.